The summed E-state index contributed by atoms with van der Waals surface area (Å²) in [7, 11) is 0. The van der Waals surface area contributed by atoms with Crippen molar-refractivity contribution in [3.05, 3.63) is 41.7 Å². The van der Waals surface area contributed by atoms with Crippen LogP contribution in [0.4, 0.5) is 0 Å². The molecule has 2 aromatic heterocycles. The molecule has 0 saturated heterocycles. The van der Waals surface area contributed by atoms with Crippen molar-refractivity contribution in [3.8, 4) is 5.13 Å². The fourth-order valence-electron chi connectivity index (χ4n) is 2.75. The van der Waals surface area contributed by atoms with Crippen molar-refractivity contribution >= 4 is 27.3 Å². The van der Waals surface area contributed by atoms with Gasteiger partial charge in [0.25, 0.3) is 0 Å². The lowest BCUT2D eigenvalue weighted by Crippen LogP contribution is -2.19. The SMILES string of the molecule is C[C@@H]1CC(=O)c2cnn(-c3nc4ccccc4s3)c2C1. The van der Waals surface area contributed by atoms with Gasteiger partial charge in [0.05, 0.1) is 27.7 Å². The summed E-state index contributed by atoms with van der Waals surface area (Å²) in [5, 5.41) is 5.23. The lowest BCUT2D eigenvalue weighted by Gasteiger charge is -2.17. The highest BCUT2D eigenvalue weighted by molar-refractivity contribution is 7.20. The van der Waals surface area contributed by atoms with Crippen LogP contribution in [0.1, 0.15) is 29.4 Å². The van der Waals surface area contributed by atoms with Gasteiger partial charge < -0.3 is 0 Å². The molecule has 5 heteroatoms. The maximum absolute atomic E-state index is 12.0. The van der Waals surface area contributed by atoms with E-state index in [-0.39, 0.29) is 5.78 Å². The van der Waals surface area contributed by atoms with E-state index in [2.05, 4.69) is 23.1 Å². The predicted molar refractivity (Wildman–Crippen MR) is 78.6 cm³/mol. The molecule has 1 atom stereocenters. The number of aromatic nitrogens is 3. The number of hydrogen-bond acceptors (Lipinski definition) is 4. The zero-order chi connectivity index (χ0) is 13.7. The molecule has 0 spiro atoms. The second-order valence-electron chi connectivity index (χ2n) is 5.32. The average molecular weight is 283 g/mol. The smallest absolute Gasteiger partial charge is 0.211 e. The van der Waals surface area contributed by atoms with Gasteiger partial charge in [0.2, 0.25) is 5.13 Å². The van der Waals surface area contributed by atoms with Crippen molar-refractivity contribution in [2.75, 3.05) is 0 Å². The van der Waals surface area contributed by atoms with Crippen LogP contribution in [0.5, 0.6) is 0 Å². The topological polar surface area (TPSA) is 47.8 Å². The molecule has 0 amide bonds. The van der Waals surface area contributed by atoms with Gasteiger partial charge in [-0.2, -0.15) is 5.10 Å². The second-order valence-corrected chi connectivity index (χ2v) is 6.33. The second kappa shape index (κ2) is 4.24. The zero-order valence-electron chi connectivity index (χ0n) is 11.0. The highest BCUT2D eigenvalue weighted by atomic mass is 32.1. The summed E-state index contributed by atoms with van der Waals surface area (Å²) in [5.74, 6) is 0.575. The van der Waals surface area contributed by atoms with Crippen molar-refractivity contribution in [2.45, 2.75) is 19.8 Å². The van der Waals surface area contributed by atoms with E-state index in [0.717, 1.165) is 33.0 Å². The Morgan fingerprint density at radius 3 is 3.00 bits per heavy atom. The van der Waals surface area contributed by atoms with E-state index in [9.17, 15) is 4.79 Å². The van der Waals surface area contributed by atoms with Gasteiger partial charge in [0, 0.05) is 6.42 Å². The van der Waals surface area contributed by atoms with Gasteiger partial charge in [0.15, 0.2) is 5.78 Å². The summed E-state index contributed by atoms with van der Waals surface area (Å²) in [6.07, 6.45) is 3.20. The first-order chi connectivity index (χ1) is 9.72. The van der Waals surface area contributed by atoms with Gasteiger partial charge in [-0.1, -0.05) is 30.4 Å². The van der Waals surface area contributed by atoms with Gasteiger partial charge >= 0.3 is 0 Å². The number of benzene rings is 1. The van der Waals surface area contributed by atoms with Gasteiger partial charge in [-0.05, 0) is 24.5 Å². The minimum absolute atomic E-state index is 0.200. The van der Waals surface area contributed by atoms with E-state index >= 15 is 0 Å². The van der Waals surface area contributed by atoms with Crippen LogP contribution < -0.4 is 0 Å². The summed E-state index contributed by atoms with van der Waals surface area (Å²) in [6, 6.07) is 8.05. The van der Waals surface area contributed by atoms with Crippen LogP contribution in [-0.4, -0.2) is 20.5 Å². The van der Waals surface area contributed by atoms with Crippen LogP contribution in [0.3, 0.4) is 0 Å². The Morgan fingerprint density at radius 1 is 1.30 bits per heavy atom. The molecule has 0 N–H and O–H groups in total. The number of rotatable bonds is 1. The highest BCUT2D eigenvalue weighted by Gasteiger charge is 2.27. The molecule has 0 fully saturated rings. The summed E-state index contributed by atoms with van der Waals surface area (Å²) in [4.78, 5) is 16.7. The van der Waals surface area contributed by atoms with Crippen molar-refractivity contribution in [3.63, 3.8) is 0 Å². The largest absolute Gasteiger partial charge is 0.294 e. The first kappa shape index (κ1) is 11.8. The molecule has 2 heterocycles. The van der Waals surface area contributed by atoms with Crippen LogP contribution >= 0.6 is 11.3 Å². The van der Waals surface area contributed by atoms with Gasteiger partial charge in [-0.15, -0.1) is 0 Å². The third-order valence-corrected chi connectivity index (χ3v) is 4.72. The molecule has 3 aromatic rings. The molecule has 20 heavy (non-hydrogen) atoms. The minimum atomic E-state index is 0.200. The summed E-state index contributed by atoms with van der Waals surface area (Å²) < 4.78 is 2.98. The number of ketones is 1. The Bertz CT molecular complexity index is 785. The molecule has 4 nitrogen and oxygen atoms in total. The maximum atomic E-state index is 12.0. The van der Waals surface area contributed by atoms with Crippen molar-refractivity contribution in [2.24, 2.45) is 5.92 Å². The Hall–Kier alpha value is -2.01. The molecule has 0 aliphatic heterocycles. The number of Topliss-reactive ketones (excluding diaryl/α,β-unsaturated/α-hetero) is 1. The molecular weight excluding hydrogens is 270 g/mol. The molecule has 1 aliphatic rings. The van der Waals surface area contributed by atoms with E-state index in [1.165, 1.54) is 0 Å². The van der Waals surface area contributed by atoms with E-state index in [1.807, 2.05) is 22.9 Å². The number of nitrogens with zero attached hydrogens (tertiary/aromatic N) is 3. The first-order valence-electron chi connectivity index (χ1n) is 6.68. The number of carbonyl (C=O) groups is 1. The third kappa shape index (κ3) is 1.70. The molecule has 4 rings (SSSR count). The number of fused-ring (bicyclic) bond motifs is 2. The minimum Gasteiger partial charge on any atom is -0.294 e. The standard InChI is InChI=1S/C15H13N3OS/c1-9-6-12-10(13(19)7-9)8-16-18(12)15-17-11-4-2-3-5-14(11)20-15/h2-5,8-9H,6-7H2,1H3/t9-/m0/s1. The van der Waals surface area contributed by atoms with E-state index < -0.39 is 0 Å². The fourth-order valence-corrected chi connectivity index (χ4v) is 3.70. The normalized spacial score (nSPS) is 18.4. The summed E-state index contributed by atoms with van der Waals surface area (Å²) in [6.45, 7) is 2.11. The van der Waals surface area contributed by atoms with Crippen molar-refractivity contribution in [1.82, 2.24) is 14.8 Å². The number of para-hydroxylation sites is 1. The van der Waals surface area contributed by atoms with Gasteiger partial charge in [-0.25, -0.2) is 9.67 Å². The molecule has 1 aromatic carbocycles. The number of carbonyl (C=O) groups excluding carboxylic acids is 1. The highest BCUT2D eigenvalue weighted by Crippen LogP contribution is 2.30. The molecule has 0 bridgehead atoms. The molecular formula is C15H13N3OS. The Kier molecular flexibility index (Phi) is 2.50. The first-order valence-corrected chi connectivity index (χ1v) is 7.50. The van der Waals surface area contributed by atoms with Crippen LogP contribution in [0.2, 0.25) is 0 Å². The molecule has 0 unspecified atom stereocenters. The van der Waals surface area contributed by atoms with Crippen LogP contribution in [-0.2, 0) is 6.42 Å². The maximum Gasteiger partial charge on any atom is 0.211 e. The quantitative estimate of drug-likeness (QED) is 0.688. The summed E-state index contributed by atoms with van der Waals surface area (Å²) in [5.41, 5.74) is 2.75. The Morgan fingerprint density at radius 2 is 2.15 bits per heavy atom. The monoisotopic (exact) mass is 283 g/mol. The fraction of sp³-hybridized carbons (Fsp3) is 0.267. The van der Waals surface area contributed by atoms with Crippen molar-refractivity contribution in [1.29, 1.82) is 0 Å². The Labute approximate surface area is 120 Å². The molecule has 100 valence electrons. The molecule has 0 saturated carbocycles. The van der Waals surface area contributed by atoms with E-state index in [0.29, 0.717) is 12.3 Å². The van der Waals surface area contributed by atoms with Crippen LogP contribution in [0.25, 0.3) is 15.3 Å². The number of hydrogen-bond donors (Lipinski definition) is 0. The Balaban J connectivity index is 1.89. The lowest BCUT2D eigenvalue weighted by molar-refractivity contribution is 0.0953. The van der Waals surface area contributed by atoms with E-state index in [4.69, 9.17) is 0 Å². The lowest BCUT2D eigenvalue weighted by atomic mass is 9.88. The number of thiazole rings is 1. The third-order valence-electron chi connectivity index (χ3n) is 3.71. The molecule has 0 radical (unpaired) electrons. The van der Waals surface area contributed by atoms with Gasteiger partial charge in [-0.3, -0.25) is 4.79 Å². The summed E-state index contributed by atoms with van der Waals surface area (Å²) >= 11 is 1.61. The zero-order valence-corrected chi connectivity index (χ0v) is 11.9. The van der Waals surface area contributed by atoms with Gasteiger partial charge in [0.1, 0.15) is 0 Å². The molecule has 1 aliphatic carbocycles. The average Bonchev–Trinajstić information content (AvgIpc) is 3.00. The predicted octanol–water partition coefficient (Wildman–Crippen LogP) is 3.25. The van der Waals surface area contributed by atoms with Crippen LogP contribution in [0.15, 0.2) is 30.5 Å². The van der Waals surface area contributed by atoms with E-state index in [1.54, 1.807) is 17.5 Å². The van der Waals surface area contributed by atoms with Crippen molar-refractivity contribution < 1.29 is 4.79 Å². The van der Waals surface area contributed by atoms with Crippen LogP contribution in [0, 0.1) is 5.92 Å².